The summed E-state index contributed by atoms with van der Waals surface area (Å²) in [6.45, 7) is 2.04. The average molecular weight is 317 g/mol. The van der Waals surface area contributed by atoms with Crippen LogP contribution in [0.25, 0.3) is 0 Å². The highest BCUT2D eigenvalue weighted by Gasteiger charge is 2.19. The van der Waals surface area contributed by atoms with Gasteiger partial charge in [0.05, 0.1) is 6.04 Å². The van der Waals surface area contributed by atoms with Gasteiger partial charge in [-0.15, -0.1) is 0 Å². The van der Waals surface area contributed by atoms with Crippen LogP contribution < -0.4 is 0 Å². The Morgan fingerprint density at radius 1 is 1.33 bits per heavy atom. The summed E-state index contributed by atoms with van der Waals surface area (Å²) in [5.74, 6) is 0.207. The third-order valence-electron chi connectivity index (χ3n) is 2.44. The summed E-state index contributed by atoms with van der Waals surface area (Å²) in [6.07, 6.45) is 0.845. The first-order valence-corrected chi connectivity index (χ1v) is 6.10. The summed E-state index contributed by atoms with van der Waals surface area (Å²) in [4.78, 5) is 14.1. The highest BCUT2D eigenvalue weighted by atomic mass is 127. The van der Waals surface area contributed by atoms with Crippen LogP contribution in [0.15, 0.2) is 24.3 Å². The molecule has 1 rings (SSSR count). The van der Waals surface area contributed by atoms with Gasteiger partial charge < -0.3 is 0 Å². The number of likely N-dealkylation sites (N-methyl/N-ethyl adjacent to an activating group) is 1. The zero-order chi connectivity index (χ0) is 11.4. The van der Waals surface area contributed by atoms with Crippen molar-refractivity contribution in [2.24, 2.45) is 0 Å². The van der Waals surface area contributed by atoms with Crippen molar-refractivity contribution in [2.45, 2.75) is 19.4 Å². The van der Waals surface area contributed by atoms with Crippen LogP contribution in [0.5, 0.6) is 0 Å². The Kier molecular flexibility index (Phi) is 4.73. The molecule has 0 aliphatic heterocycles. The second-order valence-electron chi connectivity index (χ2n) is 3.76. The Hall–Kier alpha value is -0.420. The van der Waals surface area contributed by atoms with Crippen molar-refractivity contribution < 1.29 is 4.79 Å². The summed E-state index contributed by atoms with van der Waals surface area (Å²) in [5.41, 5.74) is 0.802. The lowest BCUT2D eigenvalue weighted by molar-refractivity contribution is 0.0871. The van der Waals surface area contributed by atoms with Gasteiger partial charge in [0.2, 0.25) is 0 Å². The van der Waals surface area contributed by atoms with E-state index in [9.17, 15) is 4.79 Å². The van der Waals surface area contributed by atoms with Crippen LogP contribution in [0.1, 0.15) is 23.7 Å². The number of carbonyl (C=O) groups excluding carboxylic acids is 1. The number of halogens is 1. The molecule has 0 heterocycles. The number of rotatable bonds is 4. The molecule has 0 N–H and O–H groups in total. The van der Waals surface area contributed by atoms with Gasteiger partial charge >= 0.3 is 0 Å². The van der Waals surface area contributed by atoms with Crippen LogP contribution in [0.2, 0.25) is 0 Å². The molecule has 0 radical (unpaired) electrons. The zero-order valence-corrected chi connectivity index (χ0v) is 11.5. The predicted molar refractivity (Wildman–Crippen MR) is 71.3 cm³/mol. The first-order valence-electron chi connectivity index (χ1n) is 5.02. The van der Waals surface area contributed by atoms with Gasteiger partial charge in [0.15, 0.2) is 5.78 Å². The van der Waals surface area contributed by atoms with Crippen molar-refractivity contribution in [3.05, 3.63) is 33.4 Å². The van der Waals surface area contributed by atoms with Crippen LogP contribution in [0.4, 0.5) is 0 Å². The van der Waals surface area contributed by atoms with Crippen LogP contribution in [0.3, 0.4) is 0 Å². The van der Waals surface area contributed by atoms with Gasteiger partial charge in [-0.2, -0.15) is 0 Å². The van der Waals surface area contributed by atoms with E-state index in [1.54, 1.807) is 0 Å². The van der Waals surface area contributed by atoms with E-state index in [0.29, 0.717) is 0 Å². The lowest BCUT2D eigenvalue weighted by Gasteiger charge is -2.21. The fourth-order valence-electron chi connectivity index (χ4n) is 1.59. The third-order valence-corrected chi connectivity index (χ3v) is 3.16. The maximum Gasteiger partial charge on any atom is 0.179 e. The van der Waals surface area contributed by atoms with E-state index >= 15 is 0 Å². The summed E-state index contributed by atoms with van der Waals surface area (Å²) in [5, 5.41) is 0. The molecule has 0 bridgehead atoms. The Labute approximate surface area is 105 Å². The van der Waals surface area contributed by atoms with Crippen LogP contribution >= 0.6 is 22.6 Å². The molecule has 2 nitrogen and oxygen atoms in total. The van der Waals surface area contributed by atoms with E-state index in [1.165, 1.54) is 0 Å². The molecule has 1 atom stereocenters. The molecule has 3 heteroatoms. The molecule has 0 fully saturated rings. The first-order chi connectivity index (χ1) is 7.06. The van der Waals surface area contributed by atoms with Crippen molar-refractivity contribution in [1.82, 2.24) is 4.90 Å². The standard InChI is InChI=1S/C12H16INO/c1-4-11(14(2)3)12(15)9-5-7-10(13)8-6-9/h5-8,11H,4H2,1-3H3. The van der Waals surface area contributed by atoms with Gasteiger partial charge in [0.1, 0.15) is 0 Å². The molecule has 0 amide bonds. The third kappa shape index (κ3) is 3.28. The van der Waals surface area contributed by atoms with E-state index in [0.717, 1.165) is 15.6 Å². The molecule has 0 spiro atoms. The first kappa shape index (κ1) is 12.6. The fourth-order valence-corrected chi connectivity index (χ4v) is 1.95. The van der Waals surface area contributed by atoms with Crippen molar-refractivity contribution in [3.8, 4) is 0 Å². The van der Waals surface area contributed by atoms with E-state index < -0.39 is 0 Å². The highest BCUT2D eigenvalue weighted by molar-refractivity contribution is 14.1. The molecule has 1 aromatic rings. The van der Waals surface area contributed by atoms with E-state index in [2.05, 4.69) is 22.6 Å². The maximum absolute atomic E-state index is 12.1. The SMILES string of the molecule is CCC(C(=O)c1ccc(I)cc1)N(C)C. The number of hydrogen-bond donors (Lipinski definition) is 0. The summed E-state index contributed by atoms with van der Waals surface area (Å²) < 4.78 is 1.15. The number of carbonyl (C=O) groups is 1. The van der Waals surface area contributed by atoms with E-state index in [-0.39, 0.29) is 11.8 Å². The molecule has 15 heavy (non-hydrogen) atoms. The van der Waals surface area contributed by atoms with Crippen LogP contribution in [0, 0.1) is 3.57 Å². The summed E-state index contributed by atoms with van der Waals surface area (Å²) >= 11 is 2.24. The molecule has 0 aromatic heterocycles. The van der Waals surface area contributed by atoms with E-state index in [1.807, 2.05) is 50.2 Å². The lowest BCUT2D eigenvalue weighted by Crippen LogP contribution is -2.35. The second-order valence-corrected chi connectivity index (χ2v) is 5.00. The normalized spacial score (nSPS) is 12.9. The van der Waals surface area contributed by atoms with Crippen LogP contribution in [-0.4, -0.2) is 30.8 Å². The largest absolute Gasteiger partial charge is 0.299 e. The number of nitrogens with zero attached hydrogens (tertiary/aromatic N) is 1. The minimum atomic E-state index is -0.00920. The molecule has 0 saturated carbocycles. The molecule has 1 aromatic carbocycles. The lowest BCUT2D eigenvalue weighted by atomic mass is 10.0. The Morgan fingerprint density at radius 2 is 1.87 bits per heavy atom. The van der Waals surface area contributed by atoms with Crippen molar-refractivity contribution >= 4 is 28.4 Å². The van der Waals surface area contributed by atoms with Crippen molar-refractivity contribution in [2.75, 3.05) is 14.1 Å². The van der Waals surface area contributed by atoms with Crippen LogP contribution in [-0.2, 0) is 0 Å². The van der Waals surface area contributed by atoms with Gasteiger partial charge in [0, 0.05) is 9.13 Å². The number of benzene rings is 1. The highest BCUT2D eigenvalue weighted by Crippen LogP contribution is 2.12. The minimum Gasteiger partial charge on any atom is -0.299 e. The number of ketones is 1. The van der Waals surface area contributed by atoms with Gasteiger partial charge in [-0.25, -0.2) is 0 Å². The Balaban J connectivity index is 2.88. The maximum atomic E-state index is 12.1. The predicted octanol–water partition coefficient (Wildman–Crippen LogP) is 2.81. The molecule has 82 valence electrons. The Morgan fingerprint density at radius 3 is 2.27 bits per heavy atom. The molecule has 0 aliphatic carbocycles. The quantitative estimate of drug-likeness (QED) is 0.629. The molecular weight excluding hydrogens is 301 g/mol. The minimum absolute atomic E-state index is 0.00920. The van der Waals surface area contributed by atoms with Crippen molar-refractivity contribution in [1.29, 1.82) is 0 Å². The molecule has 1 unspecified atom stereocenters. The monoisotopic (exact) mass is 317 g/mol. The van der Waals surface area contributed by atoms with Gasteiger partial charge in [-0.1, -0.05) is 19.1 Å². The number of Topliss-reactive ketones (excluding diaryl/α,β-unsaturated/α-hetero) is 1. The van der Waals surface area contributed by atoms with Crippen molar-refractivity contribution in [3.63, 3.8) is 0 Å². The molecule has 0 saturated heterocycles. The smallest absolute Gasteiger partial charge is 0.179 e. The number of hydrogen-bond acceptors (Lipinski definition) is 2. The average Bonchev–Trinajstić information content (AvgIpc) is 2.19. The summed E-state index contributed by atoms with van der Waals surface area (Å²) in [6, 6.07) is 7.73. The zero-order valence-electron chi connectivity index (χ0n) is 9.33. The summed E-state index contributed by atoms with van der Waals surface area (Å²) in [7, 11) is 3.89. The van der Waals surface area contributed by atoms with Gasteiger partial charge in [-0.05, 0) is 55.2 Å². The van der Waals surface area contributed by atoms with Gasteiger partial charge in [0.25, 0.3) is 0 Å². The topological polar surface area (TPSA) is 20.3 Å². The molecular formula is C12H16INO. The molecule has 0 aliphatic rings. The van der Waals surface area contributed by atoms with E-state index in [4.69, 9.17) is 0 Å². The van der Waals surface area contributed by atoms with Gasteiger partial charge in [-0.3, -0.25) is 9.69 Å². The Bertz CT molecular complexity index is 332. The fraction of sp³-hybridized carbons (Fsp3) is 0.417. The second kappa shape index (κ2) is 5.61.